The Kier molecular flexibility index (Phi) is 4.12. The Morgan fingerprint density at radius 2 is 1.85 bits per heavy atom. The largest absolute Gasteiger partial charge is 0.389 e. The fraction of sp³-hybridized carbons (Fsp3) is 1.00. The molecule has 0 bridgehead atoms. The van der Waals surface area contributed by atoms with Crippen LogP contribution >= 0.6 is 0 Å². The number of aliphatic hydroxyl groups excluding tert-OH is 2. The number of hydrogen-bond acceptors (Lipinski definition) is 4. The van der Waals surface area contributed by atoms with Gasteiger partial charge in [0.2, 0.25) is 0 Å². The fourth-order valence-corrected chi connectivity index (χ4v) is 1.45. The molecule has 0 aromatic heterocycles. The highest BCUT2D eigenvalue weighted by molar-refractivity contribution is 4.82. The molecule has 0 unspecified atom stereocenters. The van der Waals surface area contributed by atoms with E-state index in [0.29, 0.717) is 19.7 Å². The minimum atomic E-state index is -0.584. The fourth-order valence-electron chi connectivity index (χ4n) is 1.45. The Labute approximate surface area is 79.1 Å². The van der Waals surface area contributed by atoms with E-state index in [-0.39, 0.29) is 6.10 Å². The summed E-state index contributed by atoms with van der Waals surface area (Å²) in [6.07, 6.45) is -0.921. The van der Waals surface area contributed by atoms with Gasteiger partial charge in [-0.3, -0.25) is 4.90 Å². The minimum absolute atomic E-state index is 0.248. The molecule has 0 aliphatic carbocycles. The maximum absolute atomic E-state index is 9.24. The van der Waals surface area contributed by atoms with Crippen LogP contribution in [0, 0.1) is 0 Å². The Balaban J connectivity index is 2.10. The number of ether oxygens (including phenoxy) is 1. The maximum atomic E-state index is 9.24. The molecule has 4 heteroatoms. The van der Waals surface area contributed by atoms with Crippen LogP contribution in [0.5, 0.6) is 0 Å². The first-order chi connectivity index (χ1) is 6.09. The Morgan fingerprint density at radius 1 is 1.31 bits per heavy atom. The molecule has 0 aromatic carbocycles. The van der Waals surface area contributed by atoms with Crippen LogP contribution in [-0.4, -0.2) is 59.7 Å². The lowest BCUT2D eigenvalue weighted by Gasteiger charge is -2.15. The molecule has 1 saturated heterocycles. The summed E-state index contributed by atoms with van der Waals surface area (Å²) in [5.74, 6) is 0. The SMILES string of the molecule is CC(C)OCCN1C[C@@H](O)[C@@H](O)C1. The normalized spacial score (nSPS) is 30.2. The van der Waals surface area contributed by atoms with E-state index in [2.05, 4.69) is 0 Å². The first-order valence-electron chi connectivity index (χ1n) is 4.79. The lowest BCUT2D eigenvalue weighted by atomic mass is 10.3. The van der Waals surface area contributed by atoms with Gasteiger partial charge in [0, 0.05) is 19.6 Å². The Bertz CT molecular complexity index is 142. The first kappa shape index (κ1) is 10.9. The van der Waals surface area contributed by atoms with Crippen molar-refractivity contribution in [2.24, 2.45) is 0 Å². The second kappa shape index (κ2) is 4.91. The molecule has 0 aromatic rings. The molecular formula is C9H19NO3. The molecule has 0 radical (unpaired) electrons. The molecule has 0 saturated carbocycles. The summed E-state index contributed by atoms with van der Waals surface area (Å²) in [7, 11) is 0. The molecule has 1 rings (SSSR count). The lowest BCUT2D eigenvalue weighted by molar-refractivity contribution is 0.0572. The van der Waals surface area contributed by atoms with Gasteiger partial charge < -0.3 is 14.9 Å². The monoisotopic (exact) mass is 189 g/mol. The third kappa shape index (κ3) is 3.60. The highest BCUT2D eigenvalue weighted by Gasteiger charge is 2.28. The van der Waals surface area contributed by atoms with Crippen molar-refractivity contribution in [2.45, 2.75) is 32.2 Å². The number of likely N-dealkylation sites (tertiary alicyclic amines) is 1. The summed E-state index contributed by atoms with van der Waals surface area (Å²) in [4.78, 5) is 2.01. The van der Waals surface area contributed by atoms with Crippen molar-refractivity contribution >= 4 is 0 Å². The second-order valence-electron chi connectivity index (χ2n) is 3.81. The van der Waals surface area contributed by atoms with Crippen molar-refractivity contribution in [3.8, 4) is 0 Å². The Morgan fingerprint density at radius 3 is 2.31 bits per heavy atom. The van der Waals surface area contributed by atoms with Gasteiger partial charge in [-0.1, -0.05) is 0 Å². The van der Waals surface area contributed by atoms with Crippen LogP contribution in [-0.2, 0) is 4.74 Å². The summed E-state index contributed by atoms with van der Waals surface area (Å²) < 4.78 is 5.37. The van der Waals surface area contributed by atoms with Gasteiger partial charge in [-0.15, -0.1) is 0 Å². The molecule has 4 nitrogen and oxygen atoms in total. The van der Waals surface area contributed by atoms with Crippen LogP contribution in [0.3, 0.4) is 0 Å². The maximum Gasteiger partial charge on any atom is 0.0938 e. The van der Waals surface area contributed by atoms with Gasteiger partial charge in [-0.05, 0) is 13.8 Å². The van der Waals surface area contributed by atoms with Gasteiger partial charge in [0.15, 0.2) is 0 Å². The molecule has 78 valence electrons. The molecule has 0 amide bonds. The number of β-amino-alcohol motifs (C(OH)–C–C–N with tert-alkyl or cyclic N) is 2. The van der Waals surface area contributed by atoms with Crippen LogP contribution < -0.4 is 0 Å². The number of aliphatic hydroxyl groups is 2. The van der Waals surface area contributed by atoms with Crippen molar-refractivity contribution in [2.75, 3.05) is 26.2 Å². The molecule has 1 aliphatic heterocycles. The van der Waals surface area contributed by atoms with Crippen molar-refractivity contribution < 1.29 is 14.9 Å². The zero-order valence-corrected chi connectivity index (χ0v) is 8.31. The van der Waals surface area contributed by atoms with E-state index in [1.54, 1.807) is 0 Å². The van der Waals surface area contributed by atoms with E-state index in [4.69, 9.17) is 4.74 Å². The molecule has 0 spiro atoms. The Hall–Kier alpha value is -0.160. The molecule has 1 aliphatic rings. The topological polar surface area (TPSA) is 52.9 Å². The summed E-state index contributed by atoms with van der Waals surface area (Å²) in [5.41, 5.74) is 0. The van der Waals surface area contributed by atoms with E-state index in [0.717, 1.165) is 6.54 Å². The summed E-state index contributed by atoms with van der Waals surface area (Å²) >= 11 is 0. The van der Waals surface area contributed by atoms with Gasteiger partial charge in [0.25, 0.3) is 0 Å². The molecule has 13 heavy (non-hydrogen) atoms. The summed E-state index contributed by atoms with van der Waals surface area (Å²) in [6, 6.07) is 0. The van der Waals surface area contributed by atoms with Crippen molar-refractivity contribution in [1.82, 2.24) is 4.90 Å². The molecular weight excluding hydrogens is 170 g/mol. The van der Waals surface area contributed by atoms with E-state index in [1.165, 1.54) is 0 Å². The number of nitrogens with zero attached hydrogens (tertiary/aromatic N) is 1. The average molecular weight is 189 g/mol. The molecule has 2 N–H and O–H groups in total. The highest BCUT2D eigenvalue weighted by atomic mass is 16.5. The van der Waals surface area contributed by atoms with E-state index in [1.807, 2.05) is 18.7 Å². The van der Waals surface area contributed by atoms with Crippen LogP contribution in [0.1, 0.15) is 13.8 Å². The first-order valence-corrected chi connectivity index (χ1v) is 4.79. The smallest absolute Gasteiger partial charge is 0.0938 e. The number of hydrogen-bond donors (Lipinski definition) is 2. The van der Waals surface area contributed by atoms with Crippen LogP contribution in [0.4, 0.5) is 0 Å². The van der Waals surface area contributed by atoms with Crippen LogP contribution in [0.2, 0.25) is 0 Å². The predicted octanol–water partition coefficient (Wildman–Crippen LogP) is -0.551. The van der Waals surface area contributed by atoms with Crippen molar-refractivity contribution in [3.05, 3.63) is 0 Å². The standard InChI is InChI=1S/C9H19NO3/c1-7(2)13-4-3-10-5-8(11)9(12)6-10/h7-9,11-12H,3-6H2,1-2H3/t8-,9+. The minimum Gasteiger partial charge on any atom is -0.389 e. The van der Waals surface area contributed by atoms with Gasteiger partial charge in [0.1, 0.15) is 0 Å². The van der Waals surface area contributed by atoms with Crippen molar-refractivity contribution in [3.63, 3.8) is 0 Å². The average Bonchev–Trinajstić information content (AvgIpc) is 2.30. The van der Waals surface area contributed by atoms with Crippen LogP contribution in [0.25, 0.3) is 0 Å². The van der Waals surface area contributed by atoms with Gasteiger partial charge in [-0.25, -0.2) is 0 Å². The summed E-state index contributed by atoms with van der Waals surface area (Å²) in [5, 5.41) is 18.5. The zero-order chi connectivity index (χ0) is 9.84. The molecule has 1 fully saturated rings. The summed E-state index contributed by atoms with van der Waals surface area (Å²) in [6.45, 7) is 6.55. The number of rotatable bonds is 4. The van der Waals surface area contributed by atoms with Crippen molar-refractivity contribution in [1.29, 1.82) is 0 Å². The zero-order valence-electron chi connectivity index (χ0n) is 8.31. The quantitative estimate of drug-likeness (QED) is 0.623. The van der Waals surface area contributed by atoms with Gasteiger partial charge in [0.05, 0.1) is 24.9 Å². The van der Waals surface area contributed by atoms with Gasteiger partial charge in [-0.2, -0.15) is 0 Å². The highest BCUT2D eigenvalue weighted by Crippen LogP contribution is 2.08. The third-order valence-corrected chi connectivity index (χ3v) is 2.19. The second-order valence-corrected chi connectivity index (χ2v) is 3.81. The predicted molar refractivity (Wildman–Crippen MR) is 49.5 cm³/mol. The van der Waals surface area contributed by atoms with E-state index >= 15 is 0 Å². The van der Waals surface area contributed by atoms with E-state index < -0.39 is 12.2 Å². The molecule has 1 heterocycles. The molecule has 2 atom stereocenters. The van der Waals surface area contributed by atoms with Crippen LogP contribution in [0.15, 0.2) is 0 Å². The van der Waals surface area contributed by atoms with E-state index in [9.17, 15) is 10.2 Å². The van der Waals surface area contributed by atoms with Gasteiger partial charge >= 0.3 is 0 Å². The third-order valence-electron chi connectivity index (χ3n) is 2.19. The lowest BCUT2D eigenvalue weighted by Crippen LogP contribution is -2.27.